The summed E-state index contributed by atoms with van der Waals surface area (Å²) < 4.78 is 1.04. The Morgan fingerprint density at radius 3 is 2.84 bits per heavy atom. The molecule has 0 aliphatic heterocycles. The number of hydrogen-bond donors (Lipinski definition) is 2. The zero-order valence-corrected chi connectivity index (χ0v) is 15.8. The highest BCUT2D eigenvalue weighted by molar-refractivity contribution is 7.99. The van der Waals surface area contributed by atoms with E-state index in [2.05, 4.69) is 20.3 Å². The monoisotopic (exact) mass is 374 g/mol. The predicted molar refractivity (Wildman–Crippen MR) is 103 cm³/mol. The second-order valence-corrected chi connectivity index (χ2v) is 7.61. The van der Waals surface area contributed by atoms with Crippen molar-refractivity contribution in [2.24, 2.45) is 0 Å². The molecule has 2 N–H and O–H groups in total. The number of carbonyl (C=O) groups is 1. The third-order valence-electron chi connectivity index (χ3n) is 3.68. The van der Waals surface area contributed by atoms with Gasteiger partial charge in [-0.25, -0.2) is 9.97 Å². The molecule has 1 aromatic carbocycles. The normalized spacial score (nSPS) is 11.0. The Morgan fingerprint density at radius 2 is 2.12 bits per heavy atom. The van der Waals surface area contributed by atoms with Crippen LogP contribution in [0, 0.1) is 13.8 Å². The van der Waals surface area contributed by atoms with Crippen molar-refractivity contribution in [1.29, 1.82) is 0 Å². The first kappa shape index (κ1) is 17.6. The molecule has 0 saturated heterocycles. The van der Waals surface area contributed by atoms with Gasteiger partial charge in [0, 0.05) is 11.3 Å². The van der Waals surface area contributed by atoms with E-state index in [0.717, 1.165) is 15.8 Å². The Morgan fingerprint density at radius 1 is 1.32 bits per heavy atom. The van der Waals surface area contributed by atoms with E-state index < -0.39 is 0 Å². The summed E-state index contributed by atoms with van der Waals surface area (Å²) >= 11 is 2.65. The Balaban J connectivity index is 1.65. The Bertz CT molecular complexity index is 994. The van der Waals surface area contributed by atoms with E-state index >= 15 is 0 Å². The van der Waals surface area contributed by atoms with E-state index in [1.807, 2.05) is 32.0 Å². The predicted octanol–water partition coefficient (Wildman–Crippen LogP) is 3.29. The van der Waals surface area contributed by atoms with E-state index in [1.54, 1.807) is 6.92 Å². The minimum Gasteiger partial charge on any atom is -0.301 e. The molecule has 0 aliphatic rings. The minimum absolute atomic E-state index is 0.139. The van der Waals surface area contributed by atoms with Crippen molar-refractivity contribution < 1.29 is 4.79 Å². The molecule has 25 heavy (non-hydrogen) atoms. The number of aromatic nitrogens is 3. The fraction of sp³-hybridized carbons (Fsp3) is 0.294. The molecule has 1 amide bonds. The van der Waals surface area contributed by atoms with Crippen LogP contribution in [-0.2, 0) is 11.2 Å². The lowest BCUT2D eigenvalue weighted by Gasteiger charge is -2.05. The first-order valence-corrected chi connectivity index (χ1v) is 9.66. The maximum absolute atomic E-state index is 12.1. The van der Waals surface area contributed by atoms with Crippen molar-refractivity contribution in [1.82, 2.24) is 15.0 Å². The molecule has 0 spiro atoms. The molecule has 3 aromatic rings. The Hall–Kier alpha value is -2.19. The number of thioether (sulfide) groups is 1. The molecule has 8 heteroatoms. The summed E-state index contributed by atoms with van der Waals surface area (Å²) in [4.78, 5) is 35.5. The lowest BCUT2D eigenvalue weighted by atomic mass is 10.2. The van der Waals surface area contributed by atoms with Gasteiger partial charge in [0.25, 0.3) is 5.56 Å². The summed E-state index contributed by atoms with van der Waals surface area (Å²) in [6.07, 6.45) is 0.636. The van der Waals surface area contributed by atoms with Crippen LogP contribution >= 0.6 is 23.1 Å². The van der Waals surface area contributed by atoms with Crippen LogP contribution in [-0.4, -0.2) is 26.6 Å². The van der Waals surface area contributed by atoms with Crippen LogP contribution in [0.2, 0.25) is 0 Å². The average molecular weight is 374 g/mol. The number of benzene rings is 1. The highest BCUT2D eigenvalue weighted by Gasteiger charge is 2.11. The lowest BCUT2D eigenvalue weighted by Crippen LogP contribution is -2.18. The number of fused-ring (bicyclic) bond motifs is 1. The summed E-state index contributed by atoms with van der Waals surface area (Å²) in [5, 5.41) is 3.83. The molecule has 0 radical (unpaired) electrons. The third-order valence-corrected chi connectivity index (χ3v) is 5.49. The molecule has 130 valence electrons. The SMILES string of the molecule is CCc1c(C)nc(SCC(=O)Nc2nc3ccc(C)cc3s2)[nH]c1=O. The van der Waals surface area contributed by atoms with Crippen molar-refractivity contribution in [3.63, 3.8) is 0 Å². The van der Waals surface area contributed by atoms with Gasteiger partial charge < -0.3 is 10.3 Å². The largest absolute Gasteiger partial charge is 0.301 e. The van der Waals surface area contributed by atoms with Gasteiger partial charge in [0.05, 0.1) is 16.0 Å². The van der Waals surface area contributed by atoms with Crippen LogP contribution in [0.15, 0.2) is 28.2 Å². The average Bonchev–Trinajstić information content (AvgIpc) is 2.94. The van der Waals surface area contributed by atoms with Crippen LogP contribution in [0.3, 0.4) is 0 Å². The van der Waals surface area contributed by atoms with E-state index in [4.69, 9.17) is 0 Å². The molecule has 0 atom stereocenters. The maximum atomic E-state index is 12.1. The molecule has 0 fully saturated rings. The molecule has 0 bridgehead atoms. The van der Waals surface area contributed by atoms with Crippen molar-refractivity contribution in [3.8, 4) is 0 Å². The van der Waals surface area contributed by atoms with Gasteiger partial charge in [-0.05, 0) is 38.0 Å². The number of hydrogen-bond acceptors (Lipinski definition) is 6. The van der Waals surface area contributed by atoms with Gasteiger partial charge in [0.15, 0.2) is 10.3 Å². The number of amides is 1. The quantitative estimate of drug-likeness (QED) is 0.528. The van der Waals surface area contributed by atoms with E-state index in [1.165, 1.54) is 23.1 Å². The number of thiazole rings is 1. The highest BCUT2D eigenvalue weighted by atomic mass is 32.2. The molecular formula is C17H18N4O2S2. The third kappa shape index (κ3) is 4.08. The number of aromatic amines is 1. The summed E-state index contributed by atoms with van der Waals surface area (Å²) in [6.45, 7) is 5.74. The number of nitrogens with zero attached hydrogens (tertiary/aromatic N) is 2. The van der Waals surface area contributed by atoms with Gasteiger partial charge in [0.2, 0.25) is 5.91 Å². The number of anilines is 1. The van der Waals surface area contributed by atoms with Gasteiger partial charge in [-0.15, -0.1) is 0 Å². The number of carbonyl (C=O) groups excluding carboxylic acids is 1. The zero-order chi connectivity index (χ0) is 18.0. The number of nitrogens with one attached hydrogen (secondary N) is 2. The van der Waals surface area contributed by atoms with Crippen molar-refractivity contribution in [3.05, 3.63) is 45.4 Å². The zero-order valence-electron chi connectivity index (χ0n) is 14.2. The summed E-state index contributed by atoms with van der Waals surface area (Å²) in [6, 6.07) is 5.98. The molecule has 0 unspecified atom stereocenters. The number of H-pyrrole nitrogens is 1. The molecular weight excluding hydrogens is 356 g/mol. The number of aryl methyl sites for hydroxylation is 2. The molecule has 0 aliphatic carbocycles. The first-order valence-electron chi connectivity index (χ1n) is 7.86. The maximum Gasteiger partial charge on any atom is 0.254 e. The second-order valence-electron chi connectivity index (χ2n) is 5.62. The summed E-state index contributed by atoms with van der Waals surface area (Å²) in [7, 11) is 0. The van der Waals surface area contributed by atoms with Crippen LogP contribution in [0.5, 0.6) is 0 Å². The van der Waals surface area contributed by atoms with Crippen LogP contribution < -0.4 is 10.9 Å². The fourth-order valence-electron chi connectivity index (χ4n) is 2.44. The van der Waals surface area contributed by atoms with E-state index in [0.29, 0.717) is 28.0 Å². The van der Waals surface area contributed by atoms with Gasteiger partial charge in [-0.1, -0.05) is 36.1 Å². The molecule has 3 rings (SSSR count). The Labute approximate surface area is 153 Å². The Kier molecular flexibility index (Phi) is 5.19. The van der Waals surface area contributed by atoms with Crippen molar-refractivity contribution in [2.75, 3.05) is 11.1 Å². The molecule has 0 saturated carbocycles. The second kappa shape index (κ2) is 7.37. The molecule has 2 aromatic heterocycles. The smallest absolute Gasteiger partial charge is 0.254 e. The lowest BCUT2D eigenvalue weighted by molar-refractivity contribution is -0.113. The van der Waals surface area contributed by atoms with Crippen molar-refractivity contribution in [2.45, 2.75) is 32.3 Å². The first-order chi connectivity index (χ1) is 12.0. The van der Waals surface area contributed by atoms with E-state index in [-0.39, 0.29) is 17.2 Å². The summed E-state index contributed by atoms with van der Waals surface area (Å²) in [5.74, 6) is -0.0244. The van der Waals surface area contributed by atoms with Crippen molar-refractivity contribution >= 4 is 44.4 Å². The minimum atomic E-state index is -0.180. The highest BCUT2D eigenvalue weighted by Crippen LogP contribution is 2.26. The van der Waals surface area contributed by atoms with Gasteiger partial charge in [-0.3, -0.25) is 9.59 Å². The molecule has 2 heterocycles. The van der Waals surface area contributed by atoms with Gasteiger partial charge in [-0.2, -0.15) is 0 Å². The van der Waals surface area contributed by atoms with Crippen LogP contribution in [0.25, 0.3) is 10.2 Å². The number of rotatable bonds is 5. The van der Waals surface area contributed by atoms with E-state index in [9.17, 15) is 9.59 Å². The van der Waals surface area contributed by atoms with Crippen LogP contribution in [0.1, 0.15) is 23.7 Å². The standard InChI is InChI=1S/C17H18N4O2S2/c1-4-11-10(3)18-16(21-15(11)23)24-8-14(22)20-17-19-12-6-5-9(2)7-13(12)25-17/h5-7H,4,8H2,1-3H3,(H,18,21,23)(H,19,20,22). The topological polar surface area (TPSA) is 87.7 Å². The van der Waals surface area contributed by atoms with Crippen LogP contribution in [0.4, 0.5) is 5.13 Å². The molecule has 6 nitrogen and oxygen atoms in total. The van der Waals surface area contributed by atoms with Gasteiger partial charge >= 0.3 is 0 Å². The fourth-order valence-corrected chi connectivity index (χ4v) is 4.13. The van der Waals surface area contributed by atoms with Gasteiger partial charge in [0.1, 0.15) is 0 Å². The summed E-state index contributed by atoms with van der Waals surface area (Å²) in [5.41, 5.74) is 3.27.